The molecule has 0 fully saturated rings. The van der Waals surface area contributed by atoms with Gasteiger partial charge in [0.1, 0.15) is 6.26 Å². The van der Waals surface area contributed by atoms with Crippen LogP contribution >= 0.6 is 11.6 Å². The van der Waals surface area contributed by atoms with Gasteiger partial charge in [-0.25, -0.2) is 9.78 Å². The molecule has 0 bridgehead atoms. The van der Waals surface area contributed by atoms with E-state index in [4.69, 9.17) is 20.8 Å². The van der Waals surface area contributed by atoms with Gasteiger partial charge in [-0.2, -0.15) is 0 Å². The van der Waals surface area contributed by atoms with E-state index in [1.807, 2.05) is 25.1 Å². The third-order valence-corrected chi connectivity index (χ3v) is 2.91. The lowest BCUT2D eigenvalue weighted by Crippen LogP contribution is -2.08. The Kier molecular flexibility index (Phi) is 3.99. The van der Waals surface area contributed by atoms with Crippen LogP contribution in [0.15, 0.2) is 35.3 Å². The van der Waals surface area contributed by atoms with Gasteiger partial charge in [-0.3, -0.25) is 0 Å². The van der Waals surface area contributed by atoms with E-state index in [-0.39, 0.29) is 5.69 Å². The normalized spacial score (nSPS) is 10.3. The van der Waals surface area contributed by atoms with Gasteiger partial charge < -0.3 is 9.15 Å². The highest BCUT2D eigenvalue weighted by atomic mass is 35.5. The number of halogens is 1. The van der Waals surface area contributed by atoms with Crippen LogP contribution in [0.1, 0.15) is 21.6 Å². The molecule has 0 saturated heterocycles. The van der Waals surface area contributed by atoms with Gasteiger partial charge in [0.05, 0.1) is 6.61 Å². The number of carbonyl (C=O) groups is 1. The van der Waals surface area contributed by atoms with Crippen LogP contribution in [0.3, 0.4) is 0 Å². The number of nitrogens with zero attached hydrogens (tertiary/aromatic N) is 1. The molecule has 1 heterocycles. The maximum absolute atomic E-state index is 11.5. The minimum absolute atomic E-state index is 0.183. The van der Waals surface area contributed by atoms with E-state index in [2.05, 4.69) is 4.98 Å². The van der Waals surface area contributed by atoms with Gasteiger partial charge in [0.2, 0.25) is 0 Å². The highest BCUT2D eigenvalue weighted by molar-refractivity contribution is 6.31. The molecule has 5 heteroatoms. The van der Waals surface area contributed by atoms with Gasteiger partial charge in [-0.15, -0.1) is 0 Å². The van der Waals surface area contributed by atoms with Crippen LogP contribution in [0.25, 0.3) is 0 Å². The molecule has 0 unspecified atom stereocenters. The smallest absolute Gasteiger partial charge is 0.360 e. The summed E-state index contributed by atoms with van der Waals surface area (Å²) < 4.78 is 9.77. The van der Waals surface area contributed by atoms with Crippen molar-refractivity contribution in [1.82, 2.24) is 4.98 Å². The molecule has 0 aliphatic heterocycles. The Morgan fingerprint density at radius 2 is 2.33 bits per heavy atom. The monoisotopic (exact) mass is 265 g/mol. The Labute approximate surface area is 110 Å². The van der Waals surface area contributed by atoms with Crippen LogP contribution in [-0.2, 0) is 11.2 Å². The molecule has 0 saturated carbocycles. The third-order valence-electron chi connectivity index (χ3n) is 2.49. The minimum atomic E-state index is -0.477. The second-order valence-electron chi connectivity index (χ2n) is 3.84. The third kappa shape index (κ3) is 3.11. The lowest BCUT2D eigenvalue weighted by molar-refractivity contribution is 0.0502. The Bertz CT molecular complexity index is 537. The zero-order chi connectivity index (χ0) is 13.0. The molecule has 0 amide bonds. The van der Waals surface area contributed by atoms with E-state index in [1.54, 1.807) is 0 Å². The number of rotatable bonds is 4. The second-order valence-corrected chi connectivity index (χ2v) is 4.25. The number of oxazole rings is 1. The number of aryl methyl sites for hydroxylation is 1. The van der Waals surface area contributed by atoms with E-state index in [0.717, 1.165) is 16.1 Å². The second kappa shape index (κ2) is 5.69. The van der Waals surface area contributed by atoms with Crippen molar-refractivity contribution in [2.75, 3.05) is 6.61 Å². The fourth-order valence-corrected chi connectivity index (χ4v) is 1.63. The van der Waals surface area contributed by atoms with Crippen molar-refractivity contribution in [1.29, 1.82) is 0 Å². The topological polar surface area (TPSA) is 52.3 Å². The van der Waals surface area contributed by atoms with Crippen molar-refractivity contribution in [3.63, 3.8) is 0 Å². The first-order valence-corrected chi connectivity index (χ1v) is 5.85. The fraction of sp³-hybridized carbons (Fsp3) is 0.231. The number of benzene rings is 1. The minimum Gasteiger partial charge on any atom is -0.461 e. The SMILES string of the molecule is Cc1cc(CCOC(=O)c2cocn2)ccc1Cl. The molecule has 18 heavy (non-hydrogen) atoms. The molecule has 0 radical (unpaired) electrons. The van der Waals surface area contributed by atoms with Gasteiger partial charge in [0, 0.05) is 11.4 Å². The molecular weight excluding hydrogens is 254 g/mol. The summed E-state index contributed by atoms with van der Waals surface area (Å²) >= 11 is 5.93. The maximum Gasteiger partial charge on any atom is 0.360 e. The molecule has 2 aromatic rings. The van der Waals surface area contributed by atoms with Crippen LogP contribution in [0.4, 0.5) is 0 Å². The quantitative estimate of drug-likeness (QED) is 0.798. The largest absolute Gasteiger partial charge is 0.461 e. The first-order chi connectivity index (χ1) is 8.66. The van der Waals surface area contributed by atoms with Gasteiger partial charge in [-0.1, -0.05) is 23.7 Å². The van der Waals surface area contributed by atoms with Gasteiger partial charge >= 0.3 is 5.97 Å². The molecule has 2 rings (SSSR count). The number of carbonyl (C=O) groups excluding carboxylic acids is 1. The summed E-state index contributed by atoms with van der Waals surface area (Å²) in [5, 5.41) is 0.735. The van der Waals surface area contributed by atoms with E-state index in [1.165, 1.54) is 12.7 Å². The molecular formula is C13H12ClNO3. The van der Waals surface area contributed by atoms with Crippen molar-refractivity contribution in [3.05, 3.63) is 52.7 Å². The van der Waals surface area contributed by atoms with Gasteiger partial charge in [0.25, 0.3) is 0 Å². The van der Waals surface area contributed by atoms with Crippen LogP contribution < -0.4 is 0 Å². The molecule has 0 aliphatic rings. The standard InChI is InChI=1S/C13H12ClNO3/c1-9-6-10(2-3-11(9)14)4-5-18-13(16)12-7-17-8-15-12/h2-3,6-8H,4-5H2,1H3. The van der Waals surface area contributed by atoms with Crippen molar-refractivity contribution in [3.8, 4) is 0 Å². The Hall–Kier alpha value is -1.81. The number of esters is 1. The van der Waals surface area contributed by atoms with Crippen LogP contribution in [0.2, 0.25) is 5.02 Å². The van der Waals surface area contributed by atoms with E-state index in [0.29, 0.717) is 13.0 Å². The zero-order valence-corrected chi connectivity index (χ0v) is 10.6. The summed E-state index contributed by atoms with van der Waals surface area (Å²) in [6.45, 7) is 2.24. The molecule has 0 N–H and O–H groups in total. The highest BCUT2D eigenvalue weighted by Crippen LogP contribution is 2.16. The number of hydrogen-bond acceptors (Lipinski definition) is 4. The number of aromatic nitrogens is 1. The van der Waals surface area contributed by atoms with Gasteiger partial charge in [0.15, 0.2) is 12.1 Å². The predicted octanol–water partition coefficient (Wildman–Crippen LogP) is 3.04. The molecule has 0 atom stereocenters. The average Bonchev–Trinajstić information content (AvgIpc) is 2.87. The predicted molar refractivity (Wildman–Crippen MR) is 66.7 cm³/mol. The summed E-state index contributed by atoms with van der Waals surface area (Å²) in [4.78, 5) is 15.2. The van der Waals surface area contributed by atoms with Gasteiger partial charge in [-0.05, 0) is 24.1 Å². The van der Waals surface area contributed by atoms with Crippen molar-refractivity contribution < 1.29 is 13.9 Å². The summed E-state index contributed by atoms with van der Waals surface area (Å²) in [7, 11) is 0. The van der Waals surface area contributed by atoms with Crippen molar-refractivity contribution in [2.24, 2.45) is 0 Å². The van der Waals surface area contributed by atoms with E-state index < -0.39 is 5.97 Å². The van der Waals surface area contributed by atoms with E-state index >= 15 is 0 Å². The van der Waals surface area contributed by atoms with Crippen LogP contribution in [0, 0.1) is 6.92 Å². The van der Waals surface area contributed by atoms with Crippen LogP contribution in [0.5, 0.6) is 0 Å². The molecule has 0 spiro atoms. The number of hydrogen-bond donors (Lipinski definition) is 0. The first kappa shape index (κ1) is 12.6. The lowest BCUT2D eigenvalue weighted by atomic mass is 10.1. The zero-order valence-electron chi connectivity index (χ0n) is 9.85. The molecule has 1 aromatic heterocycles. The Balaban J connectivity index is 1.85. The number of ether oxygens (including phenoxy) is 1. The van der Waals surface area contributed by atoms with Crippen LogP contribution in [-0.4, -0.2) is 17.6 Å². The van der Waals surface area contributed by atoms with Crippen molar-refractivity contribution in [2.45, 2.75) is 13.3 Å². The molecule has 0 aliphatic carbocycles. The summed E-state index contributed by atoms with van der Waals surface area (Å²) in [6.07, 6.45) is 3.09. The first-order valence-electron chi connectivity index (χ1n) is 5.47. The summed E-state index contributed by atoms with van der Waals surface area (Å²) in [5.41, 5.74) is 2.27. The van der Waals surface area contributed by atoms with Crippen molar-refractivity contribution >= 4 is 17.6 Å². The molecule has 94 valence electrons. The summed E-state index contributed by atoms with van der Waals surface area (Å²) in [5.74, 6) is -0.477. The molecule has 4 nitrogen and oxygen atoms in total. The highest BCUT2D eigenvalue weighted by Gasteiger charge is 2.09. The Morgan fingerprint density at radius 3 is 3.00 bits per heavy atom. The van der Waals surface area contributed by atoms with E-state index in [9.17, 15) is 4.79 Å². The maximum atomic E-state index is 11.5. The molecule has 1 aromatic carbocycles. The average molecular weight is 266 g/mol. The fourth-order valence-electron chi connectivity index (χ4n) is 1.51. The summed E-state index contributed by atoms with van der Waals surface area (Å²) in [6, 6.07) is 5.73. The lowest BCUT2D eigenvalue weighted by Gasteiger charge is -2.05. The Morgan fingerprint density at radius 1 is 1.50 bits per heavy atom.